The SMILES string of the molecule is Cn1c(=O)c2nnsc2n(C)c1=O. The fraction of sp³-hybridized carbons (Fsp3) is 0.333. The summed E-state index contributed by atoms with van der Waals surface area (Å²) in [7, 11) is 3.01. The number of nitrogens with zero attached hydrogens (tertiary/aromatic N) is 4. The van der Waals surface area contributed by atoms with E-state index in [1.807, 2.05) is 0 Å². The third kappa shape index (κ3) is 0.934. The minimum atomic E-state index is -0.396. The summed E-state index contributed by atoms with van der Waals surface area (Å²) in [6.07, 6.45) is 0. The maximum atomic E-state index is 11.4. The van der Waals surface area contributed by atoms with Gasteiger partial charge in [-0.3, -0.25) is 13.9 Å². The Balaban J connectivity index is 3.21. The molecule has 0 saturated carbocycles. The van der Waals surface area contributed by atoms with Gasteiger partial charge >= 0.3 is 5.69 Å². The van der Waals surface area contributed by atoms with Crippen LogP contribution in [0.3, 0.4) is 0 Å². The first-order valence-corrected chi connectivity index (χ1v) is 4.28. The number of hydrogen-bond donors (Lipinski definition) is 0. The Morgan fingerprint density at radius 3 is 2.62 bits per heavy atom. The van der Waals surface area contributed by atoms with E-state index >= 15 is 0 Å². The second-order valence-electron chi connectivity index (χ2n) is 2.63. The Morgan fingerprint density at radius 2 is 1.92 bits per heavy atom. The van der Waals surface area contributed by atoms with E-state index in [9.17, 15) is 9.59 Å². The number of hydrogen-bond acceptors (Lipinski definition) is 5. The van der Waals surface area contributed by atoms with Gasteiger partial charge in [0, 0.05) is 25.6 Å². The van der Waals surface area contributed by atoms with Crippen LogP contribution in [0.4, 0.5) is 0 Å². The van der Waals surface area contributed by atoms with E-state index in [2.05, 4.69) is 9.59 Å². The van der Waals surface area contributed by atoms with Crippen LogP contribution in [0.2, 0.25) is 0 Å². The fourth-order valence-electron chi connectivity index (χ4n) is 1.10. The van der Waals surface area contributed by atoms with Crippen LogP contribution < -0.4 is 11.2 Å². The minimum Gasteiger partial charge on any atom is -0.285 e. The van der Waals surface area contributed by atoms with Crippen LogP contribution in [0.1, 0.15) is 0 Å². The highest BCUT2D eigenvalue weighted by Gasteiger charge is 2.10. The van der Waals surface area contributed by atoms with Gasteiger partial charge in [-0.2, -0.15) is 0 Å². The standard InChI is InChI=1S/C6H6N4O2S/c1-9-4(11)3-5(13-8-7-3)10(2)6(9)12/h1-2H3. The summed E-state index contributed by atoms with van der Waals surface area (Å²) in [4.78, 5) is 23.3. The molecule has 0 N–H and O–H groups in total. The lowest BCUT2D eigenvalue weighted by Crippen LogP contribution is -2.36. The van der Waals surface area contributed by atoms with E-state index in [1.165, 1.54) is 11.6 Å². The average molecular weight is 198 g/mol. The molecule has 0 radical (unpaired) electrons. The highest BCUT2D eigenvalue weighted by atomic mass is 32.1. The lowest BCUT2D eigenvalue weighted by Gasteiger charge is -1.99. The van der Waals surface area contributed by atoms with Gasteiger partial charge in [0.1, 0.15) is 0 Å². The summed E-state index contributed by atoms with van der Waals surface area (Å²) in [5, 5.41) is 3.66. The van der Waals surface area contributed by atoms with Crippen molar-refractivity contribution in [2.75, 3.05) is 0 Å². The summed E-state index contributed by atoms with van der Waals surface area (Å²) in [6.45, 7) is 0. The van der Waals surface area contributed by atoms with Gasteiger partial charge in [-0.1, -0.05) is 4.49 Å². The van der Waals surface area contributed by atoms with Crippen molar-refractivity contribution < 1.29 is 0 Å². The van der Waals surface area contributed by atoms with Crippen molar-refractivity contribution in [2.45, 2.75) is 0 Å². The van der Waals surface area contributed by atoms with Crippen molar-refractivity contribution in [1.29, 1.82) is 0 Å². The molecule has 0 aromatic carbocycles. The van der Waals surface area contributed by atoms with Crippen molar-refractivity contribution in [2.24, 2.45) is 14.1 Å². The molecule has 2 heterocycles. The molecule has 68 valence electrons. The van der Waals surface area contributed by atoms with E-state index in [1.54, 1.807) is 7.05 Å². The van der Waals surface area contributed by atoms with Gasteiger partial charge in [0.05, 0.1) is 0 Å². The average Bonchev–Trinajstić information content (AvgIpc) is 2.59. The highest BCUT2D eigenvalue weighted by Crippen LogP contribution is 2.06. The molecule has 0 spiro atoms. The fourth-order valence-corrected chi connectivity index (χ4v) is 1.71. The van der Waals surface area contributed by atoms with E-state index < -0.39 is 5.56 Å². The molecule has 0 aliphatic carbocycles. The van der Waals surface area contributed by atoms with Crippen LogP contribution in [-0.4, -0.2) is 18.7 Å². The van der Waals surface area contributed by atoms with Gasteiger partial charge in [-0.25, -0.2) is 4.79 Å². The van der Waals surface area contributed by atoms with Crippen LogP contribution in [0, 0.1) is 0 Å². The topological polar surface area (TPSA) is 69.8 Å². The molecule has 0 bridgehead atoms. The van der Waals surface area contributed by atoms with Crippen molar-refractivity contribution in [3.63, 3.8) is 0 Å². The lowest BCUT2D eigenvalue weighted by molar-refractivity contribution is 0.714. The van der Waals surface area contributed by atoms with E-state index in [0.717, 1.165) is 16.1 Å². The number of rotatable bonds is 0. The minimum absolute atomic E-state index is 0.245. The molecule has 2 rings (SSSR count). The Morgan fingerprint density at radius 1 is 1.23 bits per heavy atom. The van der Waals surface area contributed by atoms with E-state index in [0.29, 0.717) is 4.83 Å². The van der Waals surface area contributed by atoms with Crippen LogP contribution in [0.15, 0.2) is 9.59 Å². The molecule has 0 aliphatic heterocycles. The van der Waals surface area contributed by atoms with E-state index in [-0.39, 0.29) is 11.2 Å². The van der Waals surface area contributed by atoms with E-state index in [4.69, 9.17) is 0 Å². The van der Waals surface area contributed by atoms with Gasteiger partial charge in [0.25, 0.3) is 5.56 Å². The van der Waals surface area contributed by atoms with Gasteiger partial charge in [-0.05, 0) is 0 Å². The molecule has 0 amide bonds. The molecule has 0 fully saturated rings. The second-order valence-corrected chi connectivity index (χ2v) is 3.37. The Labute approximate surface area is 76.2 Å². The summed E-state index contributed by atoms with van der Waals surface area (Å²) >= 11 is 1.04. The molecular weight excluding hydrogens is 192 g/mol. The molecule has 0 saturated heterocycles. The molecular formula is C6H6N4O2S. The van der Waals surface area contributed by atoms with Crippen LogP contribution >= 0.6 is 11.5 Å². The van der Waals surface area contributed by atoms with Crippen molar-refractivity contribution in [1.82, 2.24) is 18.7 Å². The van der Waals surface area contributed by atoms with Gasteiger partial charge in [-0.15, -0.1) is 5.10 Å². The molecule has 6 nitrogen and oxygen atoms in total. The summed E-state index contributed by atoms with van der Waals surface area (Å²) in [5.74, 6) is 0. The third-order valence-electron chi connectivity index (χ3n) is 1.86. The van der Waals surface area contributed by atoms with Crippen molar-refractivity contribution in [3.05, 3.63) is 20.8 Å². The molecule has 2 aromatic heterocycles. The van der Waals surface area contributed by atoms with Crippen LogP contribution in [-0.2, 0) is 14.1 Å². The molecule has 7 heteroatoms. The first-order valence-electron chi connectivity index (χ1n) is 3.51. The van der Waals surface area contributed by atoms with Gasteiger partial charge in [0.2, 0.25) is 0 Å². The summed E-state index contributed by atoms with van der Waals surface area (Å²) in [6, 6.07) is 0. The Hall–Kier alpha value is -1.50. The van der Waals surface area contributed by atoms with Gasteiger partial charge in [0.15, 0.2) is 10.3 Å². The maximum Gasteiger partial charge on any atom is 0.331 e. The molecule has 0 atom stereocenters. The number of aryl methyl sites for hydroxylation is 1. The van der Waals surface area contributed by atoms with Crippen LogP contribution in [0.25, 0.3) is 10.3 Å². The lowest BCUT2D eigenvalue weighted by atomic mass is 10.5. The third-order valence-corrected chi connectivity index (χ3v) is 2.66. The zero-order chi connectivity index (χ0) is 9.59. The largest absolute Gasteiger partial charge is 0.331 e. The quantitative estimate of drug-likeness (QED) is 0.549. The molecule has 0 unspecified atom stereocenters. The number of fused-ring (bicyclic) bond motifs is 1. The molecule has 0 aliphatic rings. The number of aromatic nitrogens is 4. The maximum absolute atomic E-state index is 11.4. The predicted octanol–water partition coefficient (Wildman–Crippen LogP) is -0.911. The summed E-state index contributed by atoms with van der Waals surface area (Å²) < 4.78 is 6.00. The van der Waals surface area contributed by atoms with Gasteiger partial charge < -0.3 is 0 Å². The van der Waals surface area contributed by atoms with Crippen molar-refractivity contribution >= 4 is 21.9 Å². The predicted molar refractivity (Wildman–Crippen MR) is 47.9 cm³/mol. The Kier molecular flexibility index (Phi) is 1.56. The smallest absolute Gasteiger partial charge is 0.285 e. The highest BCUT2D eigenvalue weighted by molar-refractivity contribution is 7.12. The summed E-state index contributed by atoms with van der Waals surface area (Å²) in [5.41, 5.74) is -0.509. The van der Waals surface area contributed by atoms with Crippen LogP contribution in [0.5, 0.6) is 0 Å². The second kappa shape index (κ2) is 2.49. The Bertz CT molecular complexity index is 578. The van der Waals surface area contributed by atoms with Crippen molar-refractivity contribution in [3.8, 4) is 0 Å². The first-order chi connectivity index (χ1) is 6.13. The first kappa shape index (κ1) is 8.11. The monoisotopic (exact) mass is 198 g/mol. The zero-order valence-corrected chi connectivity index (χ0v) is 7.83. The zero-order valence-electron chi connectivity index (χ0n) is 7.01. The normalized spacial score (nSPS) is 10.9. The molecule has 13 heavy (non-hydrogen) atoms. The molecule has 2 aromatic rings.